The fraction of sp³-hybridized carbons (Fsp3) is 0.273. The summed E-state index contributed by atoms with van der Waals surface area (Å²) < 4.78 is 6.34. The van der Waals surface area contributed by atoms with Gasteiger partial charge in [0.1, 0.15) is 5.75 Å². The van der Waals surface area contributed by atoms with Crippen molar-refractivity contribution >= 4 is 27.1 Å². The van der Waals surface area contributed by atoms with E-state index in [-0.39, 0.29) is 0 Å². The van der Waals surface area contributed by atoms with Crippen LogP contribution in [0.5, 0.6) is 5.75 Å². The van der Waals surface area contributed by atoms with Crippen LogP contribution < -0.4 is 10.5 Å². The number of hydrogen-bond acceptors (Lipinski definition) is 3. The third-order valence-electron chi connectivity index (χ3n) is 2.25. The number of aryl methyl sites for hydroxylation is 1. The maximum atomic E-state index is 5.93. The standard InChI is InChI=1S/C11H13NOS/c1-3-9-5-7-4-8(13-2)6-10(12)11(7)14-9/h4-6H,3,12H2,1-2H3. The molecule has 0 fully saturated rings. The number of nitrogens with two attached hydrogens (primary N) is 1. The van der Waals surface area contributed by atoms with E-state index in [4.69, 9.17) is 10.5 Å². The normalized spacial score (nSPS) is 10.7. The summed E-state index contributed by atoms with van der Waals surface area (Å²) in [6, 6.07) is 6.08. The maximum Gasteiger partial charge on any atom is 0.121 e. The summed E-state index contributed by atoms with van der Waals surface area (Å²) in [5, 5.41) is 1.18. The molecule has 0 aliphatic heterocycles. The minimum Gasteiger partial charge on any atom is -0.497 e. The predicted octanol–water partition coefficient (Wildman–Crippen LogP) is 3.05. The molecular weight excluding hydrogens is 194 g/mol. The zero-order chi connectivity index (χ0) is 10.1. The Kier molecular flexibility index (Phi) is 2.33. The zero-order valence-corrected chi connectivity index (χ0v) is 9.15. The Balaban J connectivity index is 2.67. The average Bonchev–Trinajstić information content (AvgIpc) is 2.61. The summed E-state index contributed by atoms with van der Waals surface area (Å²) in [7, 11) is 1.66. The summed E-state index contributed by atoms with van der Waals surface area (Å²) in [6.07, 6.45) is 1.06. The molecule has 0 unspecified atom stereocenters. The lowest BCUT2D eigenvalue weighted by molar-refractivity contribution is 0.415. The Bertz CT molecular complexity index is 462. The van der Waals surface area contributed by atoms with Gasteiger partial charge >= 0.3 is 0 Å². The number of benzene rings is 1. The molecule has 0 aliphatic carbocycles. The molecule has 0 saturated carbocycles. The number of ether oxygens (including phenoxy) is 1. The van der Waals surface area contributed by atoms with E-state index in [2.05, 4.69) is 13.0 Å². The van der Waals surface area contributed by atoms with Crippen LogP contribution in [0.3, 0.4) is 0 Å². The molecule has 0 amide bonds. The van der Waals surface area contributed by atoms with Crippen LogP contribution in [-0.4, -0.2) is 7.11 Å². The van der Waals surface area contributed by atoms with Crippen molar-refractivity contribution in [1.82, 2.24) is 0 Å². The number of hydrogen-bond donors (Lipinski definition) is 1. The highest BCUT2D eigenvalue weighted by molar-refractivity contribution is 7.19. The minimum absolute atomic E-state index is 0.809. The largest absolute Gasteiger partial charge is 0.497 e. The van der Waals surface area contributed by atoms with Crippen LogP contribution >= 0.6 is 11.3 Å². The van der Waals surface area contributed by atoms with E-state index in [0.29, 0.717) is 0 Å². The zero-order valence-electron chi connectivity index (χ0n) is 8.33. The second kappa shape index (κ2) is 3.50. The van der Waals surface area contributed by atoms with E-state index in [9.17, 15) is 0 Å². The fourth-order valence-electron chi connectivity index (χ4n) is 1.50. The lowest BCUT2D eigenvalue weighted by atomic mass is 10.2. The average molecular weight is 207 g/mol. The van der Waals surface area contributed by atoms with E-state index in [0.717, 1.165) is 17.9 Å². The predicted molar refractivity (Wildman–Crippen MR) is 62.2 cm³/mol. The summed E-state index contributed by atoms with van der Waals surface area (Å²) in [5.41, 5.74) is 6.74. The van der Waals surface area contributed by atoms with Crippen LogP contribution in [-0.2, 0) is 6.42 Å². The number of thiophene rings is 1. The maximum absolute atomic E-state index is 5.93. The molecule has 0 radical (unpaired) electrons. The lowest BCUT2D eigenvalue weighted by Crippen LogP contribution is -1.87. The summed E-state index contributed by atoms with van der Waals surface area (Å²) >= 11 is 1.76. The first-order chi connectivity index (χ1) is 6.74. The highest BCUT2D eigenvalue weighted by Crippen LogP contribution is 2.34. The number of nitrogen functional groups attached to an aromatic ring is 1. The van der Waals surface area contributed by atoms with Gasteiger partial charge in [-0.05, 0) is 23.9 Å². The van der Waals surface area contributed by atoms with Crippen molar-refractivity contribution in [1.29, 1.82) is 0 Å². The van der Waals surface area contributed by atoms with Crippen molar-refractivity contribution in [3.8, 4) is 5.75 Å². The molecule has 0 spiro atoms. The van der Waals surface area contributed by atoms with Gasteiger partial charge in [-0.3, -0.25) is 0 Å². The molecule has 14 heavy (non-hydrogen) atoms. The minimum atomic E-state index is 0.809. The van der Waals surface area contributed by atoms with Crippen LogP contribution in [0.1, 0.15) is 11.8 Å². The Morgan fingerprint density at radius 3 is 2.79 bits per heavy atom. The highest BCUT2D eigenvalue weighted by Gasteiger charge is 2.05. The first kappa shape index (κ1) is 9.34. The molecule has 0 bridgehead atoms. The molecule has 3 heteroatoms. The van der Waals surface area contributed by atoms with E-state index < -0.39 is 0 Å². The molecule has 1 heterocycles. The second-order valence-corrected chi connectivity index (χ2v) is 4.34. The second-order valence-electron chi connectivity index (χ2n) is 3.20. The van der Waals surface area contributed by atoms with Crippen molar-refractivity contribution in [2.24, 2.45) is 0 Å². The van der Waals surface area contributed by atoms with Gasteiger partial charge in [-0.2, -0.15) is 0 Å². The highest BCUT2D eigenvalue weighted by atomic mass is 32.1. The van der Waals surface area contributed by atoms with E-state index in [1.165, 1.54) is 15.0 Å². The van der Waals surface area contributed by atoms with Gasteiger partial charge in [-0.15, -0.1) is 11.3 Å². The molecule has 2 N–H and O–H groups in total. The SMILES string of the molecule is CCc1cc2cc(OC)cc(N)c2s1. The lowest BCUT2D eigenvalue weighted by Gasteiger charge is -2.01. The van der Waals surface area contributed by atoms with Gasteiger partial charge in [0.05, 0.1) is 17.5 Å². The molecule has 2 aromatic rings. The Morgan fingerprint density at radius 1 is 1.36 bits per heavy atom. The molecule has 2 rings (SSSR count). The number of anilines is 1. The van der Waals surface area contributed by atoms with Gasteiger partial charge < -0.3 is 10.5 Å². The Labute approximate surface area is 87.3 Å². The molecule has 0 aliphatic rings. The summed E-state index contributed by atoms with van der Waals surface area (Å²) in [5.74, 6) is 0.829. The van der Waals surface area contributed by atoms with E-state index in [1.807, 2.05) is 12.1 Å². The van der Waals surface area contributed by atoms with E-state index >= 15 is 0 Å². The Morgan fingerprint density at radius 2 is 2.14 bits per heavy atom. The van der Waals surface area contributed by atoms with Crippen LogP contribution in [0, 0.1) is 0 Å². The van der Waals surface area contributed by atoms with Crippen LogP contribution in [0.4, 0.5) is 5.69 Å². The van der Waals surface area contributed by atoms with Crippen molar-refractivity contribution in [3.63, 3.8) is 0 Å². The van der Waals surface area contributed by atoms with Gasteiger partial charge in [-0.1, -0.05) is 6.92 Å². The molecule has 1 aromatic heterocycles. The van der Waals surface area contributed by atoms with Crippen molar-refractivity contribution in [2.45, 2.75) is 13.3 Å². The summed E-state index contributed by atoms with van der Waals surface area (Å²) in [6.45, 7) is 2.15. The molecule has 74 valence electrons. The van der Waals surface area contributed by atoms with Crippen LogP contribution in [0.15, 0.2) is 18.2 Å². The molecular formula is C11H13NOS. The topological polar surface area (TPSA) is 35.2 Å². The molecule has 2 nitrogen and oxygen atoms in total. The number of methoxy groups -OCH3 is 1. The van der Waals surface area contributed by atoms with Crippen LogP contribution in [0.2, 0.25) is 0 Å². The monoisotopic (exact) mass is 207 g/mol. The molecule has 0 saturated heterocycles. The van der Waals surface area contributed by atoms with Gasteiger partial charge in [0.25, 0.3) is 0 Å². The number of rotatable bonds is 2. The Hall–Kier alpha value is -1.22. The third-order valence-corrected chi connectivity index (χ3v) is 3.60. The van der Waals surface area contributed by atoms with Crippen LogP contribution in [0.25, 0.3) is 10.1 Å². The van der Waals surface area contributed by atoms with Gasteiger partial charge in [0.2, 0.25) is 0 Å². The van der Waals surface area contributed by atoms with Crippen molar-refractivity contribution in [2.75, 3.05) is 12.8 Å². The molecule has 0 atom stereocenters. The summed E-state index contributed by atoms with van der Waals surface area (Å²) in [4.78, 5) is 1.36. The van der Waals surface area contributed by atoms with Gasteiger partial charge in [-0.25, -0.2) is 0 Å². The first-order valence-corrected chi connectivity index (χ1v) is 5.42. The van der Waals surface area contributed by atoms with Crippen molar-refractivity contribution < 1.29 is 4.74 Å². The first-order valence-electron chi connectivity index (χ1n) is 4.60. The molecule has 1 aromatic carbocycles. The number of fused-ring (bicyclic) bond motifs is 1. The third kappa shape index (κ3) is 1.44. The van der Waals surface area contributed by atoms with Gasteiger partial charge in [0.15, 0.2) is 0 Å². The quantitative estimate of drug-likeness (QED) is 0.768. The van der Waals surface area contributed by atoms with Gasteiger partial charge in [0, 0.05) is 10.9 Å². The van der Waals surface area contributed by atoms with Crippen molar-refractivity contribution in [3.05, 3.63) is 23.1 Å². The van der Waals surface area contributed by atoms with E-state index in [1.54, 1.807) is 18.4 Å². The fourth-order valence-corrected chi connectivity index (χ4v) is 2.50. The smallest absolute Gasteiger partial charge is 0.121 e.